The Morgan fingerprint density at radius 3 is 2.62 bits per heavy atom. The van der Waals surface area contributed by atoms with Gasteiger partial charge in [0.15, 0.2) is 0 Å². The van der Waals surface area contributed by atoms with Crippen molar-refractivity contribution in [3.05, 3.63) is 51.9 Å². The summed E-state index contributed by atoms with van der Waals surface area (Å²) in [5.41, 5.74) is 2.45. The van der Waals surface area contributed by atoms with E-state index >= 15 is 0 Å². The lowest BCUT2D eigenvalue weighted by Crippen LogP contribution is -2.18. The molecule has 2 aromatic rings. The molecule has 0 aliphatic heterocycles. The second kappa shape index (κ2) is 9.27. The molecule has 5 nitrogen and oxygen atoms in total. The van der Waals surface area contributed by atoms with E-state index in [1.54, 1.807) is 13.2 Å². The number of carbonyl (C=O) groups is 2. The van der Waals surface area contributed by atoms with E-state index in [0.717, 1.165) is 36.1 Å². The topological polar surface area (TPSA) is 64.6 Å². The maximum absolute atomic E-state index is 12.7. The van der Waals surface area contributed by atoms with Crippen LogP contribution in [-0.4, -0.2) is 25.1 Å². The molecule has 154 valence electrons. The van der Waals surface area contributed by atoms with Crippen LogP contribution in [0.3, 0.4) is 0 Å². The number of ether oxygens (including phenoxy) is 2. The third kappa shape index (κ3) is 5.26. The molecule has 1 aliphatic rings. The molecule has 1 aromatic carbocycles. The van der Waals surface area contributed by atoms with Crippen LogP contribution in [0.2, 0.25) is 0 Å². The van der Waals surface area contributed by atoms with Crippen molar-refractivity contribution >= 4 is 34.3 Å². The number of hydrogen-bond donors (Lipinski definition) is 1. The Kier molecular flexibility index (Phi) is 6.75. The number of nitrogens with one attached hydrogen (secondary N) is 1. The lowest BCUT2D eigenvalue weighted by atomic mass is 9.88. The number of thiophene rings is 1. The Morgan fingerprint density at radius 2 is 1.97 bits per heavy atom. The molecular weight excluding hydrogens is 386 g/mol. The number of benzene rings is 1. The average Bonchev–Trinajstić information content (AvgIpc) is 3.03. The van der Waals surface area contributed by atoms with Gasteiger partial charge in [-0.3, -0.25) is 4.79 Å². The first kappa shape index (κ1) is 21.1. The van der Waals surface area contributed by atoms with Gasteiger partial charge in [-0.15, -0.1) is 11.3 Å². The summed E-state index contributed by atoms with van der Waals surface area (Å²) in [5.74, 6) is 0.708. The first-order valence-electron chi connectivity index (χ1n) is 9.86. The van der Waals surface area contributed by atoms with Gasteiger partial charge in [0.05, 0.1) is 18.8 Å². The van der Waals surface area contributed by atoms with Crippen LogP contribution in [0.15, 0.2) is 30.3 Å². The fourth-order valence-corrected chi connectivity index (χ4v) is 4.77. The van der Waals surface area contributed by atoms with Gasteiger partial charge >= 0.3 is 5.97 Å². The maximum atomic E-state index is 12.7. The molecule has 29 heavy (non-hydrogen) atoms. The van der Waals surface area contributed by atoms with Crippen molar-refractivity contribution < 1.29 is 19.1 Å². The molecule has 1 amide bonds. The van der Waals surface area contributed by atoms with E-state index in [-0.39, 0.29) is 18.0 Å². The minimum Gasteiger partial charge on any atom is -0.497 e. The summed E-state index contributed by atoms with van der Waals surface area (Å²) in [6.45, 7) is 5.87. The SMILES string of the molecule is COc1ccc(/C=C/C(=O)Nc2sc3c(c2C(=O)OC(C)C)CCC(C)C3)cc1. The summed E-state index contributed by atoms with van der Waals surface area (Å²) >= 11 is 1.49. The summed E-state index contributed by atoms with van der Waals surface area (Å²) in [7, 11) is 1.61. The zero-order valence-electron chi connectivity index (χ0n) is 17.3. The van der Waals surface area contributed by atoms with Crippen LogP contribution in [0, 0.1) is 5.92 Å². The molecule has 1 atom stereocenters. The fraction of sp³-hybridized carbons (Fsp3) is 0.391. The predicted molar refractivity (Wildman–Crippen MR) is 117 cm³/mol. The standard InChI is InChI=1S/C23H27NO4S/c1-14(2)28-23(26)21-18-11-5-15(3)13-19(18)29-22(21)24-20(25)12-8-16-6-9-17(27-4)10-7-16/h6-10,12,14-15H,5,11,13H2,1-4H3,(H,24,25)/b12-8+. The number of carbonyl (C=O) groups excluding carboxylic acids is 2. The Bertz CT molecular complexity index is 912. The molecule has 0 saturated carbocycles. The van der Waals surface area contributed by atoms with Crippen molar-refractivity contribution in [3.8, 4) is 5.75 Å². The lowest BCUT2D eigenvalue weighted by molar-refractivity contribution is -0.111. The number of fused-ring (bicyclic) bond motifs is 1. The first-order valence-corrected chi connectivity index (χ1v) is 10.7. The van der Waals surface area contributed by atoms with Crippen LogP contribution in [-0.2, 0) is 22.4 Å². The van der Waals surface area contributed by atoms with Gasteiger partial charge in [0.2, 0.25) is 5.91 Å². The van der Waals surface area contributed by atoms with Crippen LogP contribution in [0.5, 0.6) is 5.75 Å². The largest absolute Gasteiger partial charge is 0.497 e. The molecule has 0 radical (unpaired) electrons. The highest BCUT2D eigenvalue weighted by atomic mass is 32.1. The molecule has 1 N–H and O–H groups in total. The highest BCUT2D eigenvalue weighted by Crippen LogP contribution is 2.40. The molecule has 0 saturated heterocycles. The van der Waals surface area contributed by atoms with E-state index < -0.39 is 0 Å². The number of hydrogen-bond acceptors (Lipinski definition) is 5. The van der Waals surface area contributed by atoms with E-state index in [2.05, 4.69) is 12.2 Å². The molecule has 1 unspecified atom stereocenters. The highest BCUT2D eigenvalue weighted by molar-refractivity contribution is 7.17. The minimum absolute atomic E-state index is 0.209. The van der Waals surface area contributed by atoms with Crippen molar-refractivity contribution in [2.24, 2.45) is 5.92 Å². The fourth-order valence-electron chi connectivity index (χ4n) is 3.37. The van der Waals surface area contributed by atoms with Gasteiger partial charge in [-0.25, -0.2) is 4.79 Å². The summed E-state index contributed by atoms with van der Waals surface area (Å²) < 4.78 is 10.6. The zero-order valence-corrected chi connectivity index (χ0v) is 18.1. The molecule has 6 heteroatoms. The minimum atomic E-state index is -0.360. The molecule has 0 spiro atoms. The number of rotatable bonds is 6. The van der Waals surface area contributed by atoms with Gasteiger partial charge in [-0.1, -0.05) is 19.1 Å². The molecule has 1 aromatic heterocycles. The highest BCUT2D eigenvalue weighted by Gasteiger charge is 2.29. The smallest absolute Gasteiger partial charge is 0.341 e. The van der Waals surface area contributed by atoms with Gasteiger partial charge < -0.3 is 14.8 Å². The number of amides is 1. The van der Waals surface area contributed by atoms with E-state index in [9.17, 15) is 9.59 Å². The molecule has 0 bridgehead atoms. The molecule has 0 fully saturated rings. The Labute approximate surface area is 175 Å². The normalized spacial score (nSPS) is 16.0. The van der Waals surface area contributed by atoms with Gasteiger partial charge in [0.1, 0.15) is 10.8 Å². The predicted octanol–water partition coefficient (Wildman–Crippen LogP) is 5.10. The quantitative estimate of drug-likeness (QED) is 0.529. The number of esters is 1. The van der Waals surface area contributed by atoms with Crippen LogP contribution >= 0.6 is 11.3 Å². The second-order valence-electron chi connectivity index (χ2n) is 7.61. The van der Waals surface area contributed by atoms with Crippen LogP contribution < -0.4 is 10.1 Å². The zero-order chi connectivity index (χ0) is 21.0. The van der Waals surface area contributed by atoms with Gasteiger partial charge in [0, 0.05) is 11.0 Å². The summed E-state index contributed by atoms with van der Waals surface area (Å²) in [4.78, 5) is 26.4. The van der Waals surface area contributed by atoms with Crippen molar-refractivity contribution in [1.29, 1.82) is 0 Å². The van der Waals surface area contributed by atoms with E-state index in [4.69, 9.17) is 9.47 Å². The average molecular weight is 414 g/mol. The Morgan fingerprint density at radius 1 is 1.24 bits per heavy atom. The number of anilines is 1. The van der Waals surface area contributed by atoms with E-state index in [0.29, 0.717) is 16.5 Å². The Hall–Kier alpha value is -2.60. The summed E-state index contributed by atoms with van der Waals surface area (Å²) in [6, 6.07) is 7.43. The van der Waals surface area contributed by atoms with Gasteiger partial charge in [-0.2, -0.15) is 0 Å². The van der Waals surface area contributed by atoms with Crippen molar-refractivity contribution in [2.75, 3.05) is 12.4 Å². The maximum Gasteiger partial charge on any atom is 0.341 e. The Balaban J connectivity index is 1.80. The van der Waals surface area contributed by atoms with Gasteiger partial charge in [-0.05, 0) is 68.4 Å². The summed E-state index contributed by atoms with van der Waals surface area (Å²) in [5, 5.41) is 3.48. The molecule has 1 aliphatic carbocycles. The third-order valence-electron chi connectivity index (χ3n) is 4.84. The third-order valence-corrected chi connectivity index (χ3v) is 6.01. The van der Waals surface area contributed by atoms with Crippen molar-refractivity contribution in [1.82, 2.24) is 0 Å². The summed E-state index contributed by atoms with van der Waals surface area (Å²) in [6.07, 6.45) is 5.80. The molecule has 1 heterocycles. The lowest BCUT2D eigenvalue weighted by Gasteiger charge is -2.18. The van der Waals surface area contributed by atoms with Crippen molar-refractivity contribution in [3.63, 3.8) is 0 Å². The van der Waals surface area contributed by atoms with E-state index in [1.165, 1.54) is 22.3 Å². The monoisotopic (exact) mass is 413 g/mol. The van der Waals surface area contributed by atoms with Gasteiger partial charge in [0.25, 0.3) is 0 Å². The molecule has 3 rings (SSSR count). The van der Waals surface area contributed by atoms with Crippen molar-refractivity contribution in [2.45, 2.75) is 46.1 Å². The molecular formula is C23H27NO4S. The van der Waals surface area contributed by atoms with Crippen LogP contribution in [0.4, 0.5) is 5.00 Å². The second-order valence-corrected chi connectivity index (χ2v) is 8.71. The van der Waals surface area contributed by atoms with Crippen LogP contribution in [0.1, 0.15) is 53.6 Å². The number of methoxy groups -OCH3 is 1. The van der Waals surface area contributed by atoms with Crippen LogP contribution in [0.25, 0.3) is 6.08 Å². The van der Waals surface area contributed by atoms with E-state index in [1.807, 2.05) is 38.1 Å². The first-order chi connectivity index (χ1) is 13.9.